The first kappa shape index (κ1) is 10.9. The number of aromatic hydroxyl groups is 1. The van der Waals surface area contributed by atoms with Crippen molar-refractivity contribution in [3.05, 3.63) is 39.7 Å². The molecule has 0 aliphatic heterocycles. The number of hydrogen-bond donors (Lipinski definition) is 2. The van der Waals surface area contributed by atoms with E-state index in [1.54, 1.807) is 6.07 Å². The number of rotatable bonds is 2. The lowest BCUT2D eigenvalue weighted by atomic mass is 10.3. The fourth-order valence-corrected chi connectivity index (χ4v) is 1.79. The van der Waals surface area contributed by atoms with Gasteiger partial charge in [-0.05, 0) is 40.8 Å². The zero-order chi connectivity index (χ0) is 11.7. The molecule has 2 aromatic rings. The smallest absolute Gasteiger partial charge is 0.360 e. The molecule has 1 aromatic heterocycles. The molecule has 0 aliphatic rings. The molecule has 0 radical (unpaired) electrons. The highest BCUT2D eigenvalue weighted by Gasteiger charge is 2.15. The van der Waals surface area contributed by atoms with Crippen molar-refractivity contribution in [2.75, 3.05) is 0 Å². The number of aromatic nitrogens is 2. The van der Waals surface area contributed by atoms with E-state index in [9.17, 15) is 9.90 Å². The lowest BCUT2D eigenvalue weighted by Gasteiger charge is -2.00. The molecular formula is C10H7IN2O3. The summed E-state index contributed by atoms with van der Waals surface area (Å²) >= 11 is 2.14. The molecule has 0 saturated carbocycles. The Morgan fingerprint density at radius 1 is 1.44 bits per heavy atom. The summed E-state index contributed by atoms with van der Waals surface area (Å²) in [6.07, 6.45) is 1.27. The Morgan fingerprint density at radius 3 is 2.75 bits per heavy atom. The largest absolute Gasteiger partial charge is 0.504 e. The van der Waals surface area contributed by atoms with Crippen molar-refractivity contribution >= 4 is 28.6 Å². The molecule has 1 aromatic carbocycles. The highest BCUT2D eigenvalue weighted by atomic mass is 127. The van der Waals surface area contributed by atoms with Crippen LogP contribution in [-0.2, 0) is 0 Å². The topological polar surface area (TPSA) is 75.3 Å². The van der Waals surface area contributed by atoms with Crippen LogP contribution in [0, 0.1) is 3.57 Å². The van der Waals surface area contributed by atoms with Gasteiger partial charge < -0.3 is 10.2 Å². The van der Waals surface area contributed by atoms with Gasteiger partial charge in [0.05, 0.1) is 11.9 Å². The number of benzene rings is 1. The van der Waals surface area contributed by atoms with Gasteiger partial charge in [0.15, 0.2) is 5.75 Å². The molecule has 0 unspecified atom stereocenters. The van der Waals surface area contributed by atoms with Crippen LogP contribution in [0.15, 0.2) is 30.5 Å². The number of carboxylic acid groups (broad SMARTS) is 1. The summed E-state index contributed by atoms with van der Waals surface area (Å²) in [4.78, 5) is 10.7. The van der Waals surface area contributed by atoms with E-state index < -0.39 is 5.97 Å². The standard InChI is InChI=1S/C10H7IN2O3/c11-6-2-1-3-7(4-6)13-5-8(14)9(12-13)10(15)16/h1-5,14H,(H,15,16). The zero-order valence-electron chi connectivity index (χ0n) is 7.96. The molecule has 6 heteroatoms. The fraction of sp³-hybridized carbons (Fsp3) is 0. The van der Waals surface area contributed by atoms with Gasteiger partial charge in [-0.25, -0.2) is 9.48 Å². The number of nitrogens with zero attached hydrogens (tertiary/aromatic N) is 2. The van der Waals surface area contributed by atoms with E-state index in [2.05, 4.69) is 27.7 Å². The van der Waals surface area contributed by atoms with Crippen LogP contribution in [-0.4, -0.2) is 26.0 Å². The number of aromatic carboxylic acids is 1. The van der Waals surface area contributed by atoms with E-state index >= 15 is 0 Å². The lowest BCUT2D eigenvalue weighted by molar-refractivity contribution is 0.0687. The number of halogens is 1. The van der Waals surface area contributed by atoms with Crippen molar-refractivity contribution in [1.82, 2.24) is 9.78 Å². The molecule has 0 bridgehead atoms. The Hall–Kier alpha value is -1.57. The van der Waals surface area contributed by atoms with Gasteiger partial charge in [0.1, 0.15) is 0 Å². The molecule has 2 rings (SSSR count). The molecule has 0 saturated heterocycles. The maximum Gasteiger partial charge on any atom is 0.360 e. The summed E-state index contributed by atoms with van der Waals surface area (Å²) < 4.78 is 2.34. The Bertz CT molecular complexity index is 551. The van der Waals surface area contributed by atoms with E-state index in [1.165, 1.54) is 10.9 Å². The van der Waals surface area contributed by atoms with Crippen molar-refractivity contribution in [2.24, 2.45) is 0 Å². The molecule has 0 spiro atoms. The maximum absolute atomic E-state index is 10.7. The van der Waals surface area contributed by atoms with Gasteiger partial charge in [-0.15, -0.1) is 0 Å². The molecule has 16 heavy (non-hydrogen) atoms. The third-order valence-corrected chi connectivity index (χ3v) is 2.64. The highest BCUT2D eigenvalue weighted by Crippen LogP contribution is 2.19. The molecule has 0 aliphatic carbocycles. The highest BCUT2D eigenvalue weighted by molar-refractivity contribution is 14.1. The van der Waals surface area contributed by atoms with Crippen LogP contribution in [0.4, 0.5) is 0 Å². The van der Waals surface area contributed by atoms with Crippen LogP contribution >= 0.6 is 22.6 Å². The summed E-state index contributed by atoms with van der Waals surface area (Å²) in [7, 11) is 0. The Labute approximate surface area is 104 Å². The van der Waals surface area contributed by atoms with Gasteiger partial charge in [-0.1, -0.05) is 6.07 Å². The Balaban J connectivity index is 2.49. The Morgan fingerprint density at radius 2 is 2.19 bits per heavy atom. The molecule has 82 valence electrons. The normalized spacial score (nSPS) is 10.3. The van der Waals surface area contributed by atoms with Crippen LogP contribution < -0.4 is 0 Å². The molecule has 0 amide bonds. The zero-order valence-corrected chi connectivity index (χ0v) is 10.1. The molecule has 2 N–H and O–H groups in total. The SMILES string of the molecule is O=C(O)c1nn(-c2cccc(I)c2)cc1O. The third kappa shape index (κ3) is 2.01. The predicted molar refractivity (Wildman–Crippen MR) is 64.9 cm³/mol. The fourth-order valence-electron chi connectivity index (χ4n) is 1.27. The van der Waals surface area contributed by atoms with Gasteiger partial charge in [0, 0.05) is 3.57 Å². The van der Waals surface area contributed by atoms with E-state index in [0.717, 1.165) is 3.57 Å². The van der Waals surface area contributed by atoms with Crippen LogP contribution in [0.1, 0.15) is 10.5 Å². The quantitative estimate of drug-likeness (QED) is 0.825. The second kappa shape index (κ2) is 4.12. The minimum Gasteiger partial charge on any atom is -0.504 e. The second-order valence-electron chi connectivity index (χ2n) is 3.09. The van der Waals surface area contributed by atoms with Crippen LogP contribution in [0.25, 0.3) is 5.69 Å². The third-order valence-electron chi connectivity index (χ3n) is 1.97. The summed E-state index contributed by atoms with van der Waals surface area (Å²) in [5.74, 6) is -1.59. The van der Waals surface area contributed by atoms with E-state index in [1.807, 2.05) is 18.2 Å². The predicted octanol–water partition coefficient (Wildman–Crippen LogP) is 1.88. The van der Waals surface area contributed by atoms with Gasteiger partial charge in [-0.2, -0.15) is 5.10 Å². The van der Waals surface area contributed by atoms with Crippen molar-refractivity contribution in [3.8, 4) is 11.4 Å². The molecule has 0 atom stereocenters. The van der Waals surface area contributed by atoms with Crippen molar-refractivity contribution in [1.29, 1.82) is 0 Å². The average Bonchev–Trinajstić information content (AvgIpc) is 2.60. The monoisotopic (exact) mass is 330 g/mol. The lowest BCUT2D eigenvalue weighted by Crippen LogP contribution is -2.01. The molecular weight excluding hydrogens is 323 g/mol. The van der Waals surface area contributed by atoms with E-state index in [0.29, 0.717) is 5.69 Å². The van der Waals surface area contributed by atoms with Gasteiger partial charge in [-0.3, -0.25) is 0 Å². The average molecular weight is 330 g/mol. The van der Waals surface area contributed by atoms with Crippen molar-refractivity contribution < 1.29 is 15.0 Å². The minimum atomic E-state index is -1.25. The molecule has 1 heterocycles. The first-order valence-corrected chi connectivity index (χ1v) is 5.43. The number of carboxylic acids is 1. The second-order valence-corrected chi connectivity index (χ2v) is 4.34. The van der Waals surface area contributed by atoms with E-state index in [-0.39, 0.29) is 11.4 Å². The first-order chi connectivity index (χ1) is 7.58. The summed E-state index contributed by atoms with van der Waals surface area (Å²) in [5, 5.41) is 21.9. The van der Waals surface area contributed by atoms with Crippen LogP contribution in [0.2, 0.25) is 0 Å². The van der Waals surface area contributed by atoms with Crippen molar-refractivity contribution in [2.45, 2.75) is 0 Å². The summed E-state index contributed by atoms with van der Waals surface area (Å²) in [5.41, 5.74) is 0.355. The van der Waals surface area contributed by atoms with E-state index in [4.69, 9.17) is 5.11 Å². The van der Waals surface area contributed by atoms with Crippen LogP contribution in [0.5, 0.6) is 5.75 Å². The molecule has 5 nitrogen and oxygen atoms in total. The van der Waals surface area contributed by atoms with Crippen molar-refractivity contribution in [3.63, 3.8) is 0 Å². The first-order valence-electron chi connectivity index (χ1n) is 4.36. The maximum atomic E-state index is 10.7. The Kier molecular flexibility index (Phi) is 2.82. The summed E-state index contributed by atoms with van der Waals surface area (Å²) in [6.45, 7) is 0. The van der Waals surface area contributed by atoms with Gasteiger partial charge >= 0.3 is 5.97 Å². The summed E-state index contributed by atoms with van der Waals surface area (Å²) in [6, 6.07) is 7.35. The van der Waals surface area contributed by atoms with Gasteiger partial charge in [0.2, 0.25) is 5.69 Å². The van der Waals surface area contributed by atoms with Gasteiger partial charge in [0.25, 0.3) is 0 Å². The number of hydrogen-bond acceptors (Lipinski definition) is 3. The molecule has 0 fully saturated rings. The van der Waals surface area contributed by atoms with Crippen LogP contribution in [0.3, 0.4) is 0 Å². The number of carbonyl (C=O) groups is 1. The minimum absolute atomic E-state index is 0.341.